The highest BCUT2D eigenvalue weighted by molar-refractivity contribution is 6.01. The van der Waals surface area contributed by atoms with Gasteiger partial charge >= 0.3 is 0 Å². The molecule has 1 saturated carbocycles. The first-order valence-corrected chi connectivity index (χ1v) is 18.5. The minimum Gasteiger partial charge on any atom is -0.304 e. The van der Waals surface area contributed by atoms with Crippen molar-refractivity contribution in [1.82, 2.24) is 0 Å². The molecule has 2 aromatic rings. The highest BCUT2D eigenvalue weighted by Crippen LogP contribution is 2.27. The lowest BCUT2D eigenvalue weighted by Gasteiger charge is -2.23. The van der Waals surface area contributed by atoms with Crippen molar-refractivity contribution in [3.63, 3.8) is 0 Å². The zero-order valence-corrected chi connectivity index (χ0v) is 33.8. The van der Waals surface area contributed by atoms with E-state index in [2.05, 4.69) is 96.7 Å². The van der Waals surface area contributed by atoms with Crippen molar-refractivity contribution in [2.24, 2.45) is 11.3 Å². The second-order valence-corrected chi connectivity index (χ2v) is 13.0. The van der Waals surface area contributed by atoms with E-state index in [0.29, 0.717) is 24.5 Å². The zero-order valence-electron chi connectivity index (χ0n) is 33.8. The molecule has 0 bridgehead atoms. The fourth-order valence-corrected chi connectivity index (χ4v) is 4.79. The predicted octanol–water partition coefficient (Wildman–Crippen LogP) is 13.7. The Hall–Kier alpha value is -3.51. The van der Waals surface area contributed by atoms with Gasteiger partial charge in [-0.3, -0.25) is 4.79 Å². The summed E-state index contributed by atoms with van der Waals surface area (Å²) in [5.74, 6) is 1.11. The molecule has 3 heteroatoms. The molecule has 0 amide bonds. The van der Waals surface area contributed by atoms with Gasteiger partial charge in [-0.1, -0.05) is 148 Å². The van der Waals surface area contributed by atoms with Crippen molar-refractivity contribution in [3.05, 3.63) is 96.1 Å². The van der Waals surface area contributed by atoms with Crippen LogP contribution >= 0.6 is 0 Å². The van der Waals surface area contributed by atoms with Crippen molar-refractivity contribution < 1.29 is 9.59 Å². The van der Waals surface area contributed by atoms with Crippen LogP contribution < -0.4 is 0 Å². The van der Waals surface area contributed by atoms with Gasteiger partial charge < -0.3 is 10.2 Å². The molecule has 1 aliphatic rings. The summed E-state index contributed by atoms with van der Waals surface area (Å²) in [5.41, 5.74) is 7.20. The maximum Gasteiger partial charge on any atom is 0.138 e. The highest BCUT2D eigenvalue weighted by Gasteiger charge is 2.21. The van der Waals surface area contributed by atoms with Crippen molar-refractivity contribution in [2.75, 3.05) is 0 Å². The molecule has 3 rings (SSSR count). The molecule has 0 spiro atoms. The largest absolute Gasteiger partial charge is 0.304 e. The Balaban J connectivity index is -0.000000273. The van der Waals surface area contributed by atoms with Crippen LogP contribution in [-0.2, 0) is 16.0 Å². The Morgan fingerprint density at radius 3 is 1.67 bits per heavy atom. The van der Waals surface area contributed by atoms with Gasteiger partial charge in [-0.15, -0.1) is 26.0 Å². The molecule has 2 aromatic carbocycles. The van der Waals surface area contributed by atoms with E-state index in [0.717, 1.165) is 30.5 Å². The van der Waals surface area contributed by atoms with E-state index in [9.17, 15) is 9.59 Å². The number of carbonyl (C=O) groups excluding carboxylic acids is 2. The van der Waals surface area contributed by atoms with Crippen LogP contribution in [0.3, 0.4) is 0 Å². The average molecular weight is 674 g/mol. The van der Waals surface area contributed by atoms with E-state index in [1.165, 1.54) is 67.2 Å². The summed E-state index contributed by atoms with van der Waals surface area (Å²) in [4.78, 5) is 21.3. The number of nitrogens with one attached hydrogen (secondary N) is 1. The van der Waals surface area contributed by atoms with Crippen molar-refractivity contribution in [2.45, 2.75) is 153 Å². The van der Waals surface area contributed by atoms with E-state index in [1.54, 1.807) is 6.92 Å². The third-order valence-corrected chi connectivity index (χ3v) is 7.87. The van der Waals surface area contributed by atoms with Gasteiger partial charge in [-0.2, -0.15) is 0 Å². The molecule has 49 heavy (non-hydrogen) atoms. The lowest BCUT2D eigenvalue weighted by Crippen LogP contribution is -2.19. The number of carbonyl (C=O) groups is 2. The fraction of sp³-hybridized carbons (Fsp3) is 0.543. The summed E-state index contributed by atoms with van der Waals surface area (Å²) < 4.78 is 0. The van der Waals surface area contributed by atoms with E-state index in [-0.39, 0.29) is 11.2 Å². The Bertz CT molecular complexity index is 1160. The smallest absolute Gasteiger partial charge is 0.138 e. The predicted molar refractivity (Wildman–Crippen MR) is 221 cm³/mol. The standard InChI is InChI=1S/C14H19N.C12H22O.C10H14.C4H8O.C2H6.C2H4.C2H2/c1-11-7-5-6-10-13(11)14(15)12-8-3-2-4-9-12;1-6-7-10(2)8-9-11(13)12(3,4)5;1-3-6-10-8-5-4-7-9(10)2;1-3-4(2)5;3*1-2/h5-7,10,12,15H,2-4,8-9H2,1H3;2,6-9H2,1,3-5H3;4-5,7-8H,3,6H2,1-2H3;3H2,1-2H3;1-2H3;1-2H2;1-2H. The third kappa shape index (κ3) is 28.1. The van der Waals surface area contributed by atoms with E-state index in [1.807, 2.05) is 53.7 Å². The molecule has 0 radical (unpaired) electrons. The summed E-state index contributed by atoms with van der Waals surface area (Å²) in [5, 5.41) is 8.26. The summed E-state index contributed by atoms with van der Waals surface area (Å²) >= 11 is 0. The number of rotatable bonds is 10. The average Bonchev–Trinajstić information content (AvgIpc) is 3.12. The first-order valence-electron chi connectivity index (χ1n) is 18.5. The van der Waals surface area contributed by atoms with Crippen LogP contribution in [0.15, 0.2) is 73.8 Å². The van der Waals surface area contributed by atoms with Gasteiger partial charge in [-0.05, 0) is 75.1 Å². The van der Waals surface area contributed by atoms with Crippen molar-refractivity contribution >= 4 is 17.3 Å². The molecular weight excluding hydrogens is 599 g/mol. The number of ketones is 2. The molecule has 0 aromatic heterocycles. The first-order chi connectivity index (χ1) is 23.3. The van der Waals surface area contributed by atoms with Gasteiger partial charge in [0.2, 0.25) is 0 Å². The van der Waals surface area contributed by atoms with Crippen LogP contribution in [-0.4, -0.2) is 17.3 Å². The number of hydrogen-bond donors (Lipinski definition) is 1. The SMILES string of the molecule is C#C.C=C.C=C(CCC)CCC(=O)C(C)(C)C.CC.CCC(C)=O.CCCc1ccccc1C.Cc1ccccc1C(=N)C1CCCCC1. The maximum atomic E-state index is 11.5. The Morgan fingerprint density at radius 2 is 1.27 bits per heavy atom. The third-order valence-electron chi connectivity index (χ3n) is 7.87. The Kier molecular flexibility index (Phi) is 36.7. The Morgan fingerprint density at radius 1 is 0.796 bits per heavy atom. The molecule has 0 heterocycles. The molecule has 276 valence electrons. The van der Waals surface area contributed by atoms with E-state index in [4.69, 9.17) is 5.41 Å². The molecule has 3 nitrogen and oxygen atoms in total. The molecule has 0 aliphatic heterocycles. The van der Waals surface area contributed by atoms with Gasteiger partial charge in [0.1, 0.15) is 11.6 Å². The fourth-order valence-electron chi connectivity index (χ4n) is 4.79. The topological polar surface area (TPSA) is 58.0 Å². The van der Waals surface area contributed by atoms with Gasteiger partial charge in [-0.25, -0.2) is 0 Å². The molecule has 0 unspecified atom stereocenters. The number of terminal acetylenes is 1. The number of benzene rings is 2. The van der Waals surface area contributed by atoms with Crippen LogP contribution in [0.5, 0.6) is 0 Å². The second kappa shape index (κ2) is 34.4. The van der Waals surface area contributed by atoms with Crippen LogP contribution in [0.25, 0.3) is 0 Å². The molecular formula is C46H75NO2. The zero-order chi connectivity index (χ0) is 38.8. The minimum atomic E-state index is -0.188. The molecule has 1 aliphatic carbocycles. The van der Waals surface area contributed by atoms with Crippen LogP contribution in [0.1, 0.15) is 155 Å². The van der Waals surface area contributed by atoms with E-state index >= 15 is 0 Å². The maximum absolute atomic E-state index is 11.5. The lowest BCUT2D eigenvalue weighted by atomic mass is 9.82. The summed E-state index contributed by atoms with van der Waals surface area (Å²) in [6.45, 7) is 31.9. The normalized spacial score (nSPS) is 11.4. The van der Waals surface area contributed by atoms with Crippen LogP contribution in [0.4, 0.5) is 0 Å². The van der Waals surface area contributed by atoms with Crippen LogP contribution in [0, 0.1) is 43.4 Å². The van der Waals surface area contributed by atoms with Crippen molar-refractivity contribution in [3.8, 4) is 12.8 Å². The molecule has 1 N–H and O–H groups in total. The van der Waals surface area contributed by atoms with Gasteiger partial charge in [0.15, 0.2) is 0 Å². The number of allylic oxidation sites excluding steroid dienone is 1. The lowest BCUT2D eigenvalue weighted by molar-refractivity contribution is -0.126. The monoisotopic (exact) mass is 674 g/mol. The quantitative estimate of drug-likeness (QED) is 0.155. The van der Waals surface area contributed by atoms with Crippen LogP contribution in [0.2, 0.25) is 0 Å². The second-order valence-electron chi connectivity index (χ2n) is 13.0. The number of Topliss-reactive ketones (excluding diaryl/α,β-unsaturated/α-hetero) is 2. The Labute approximate surface area is 305 Å². The van der Waals surface area contributed by atoms with Gasteiger partial charge in [0.05, 0.1) is 0 Å². The summed E-state index contributed by atoms with van der Waals surface area (Å²) in [6, 6.07) is 16.9. The molecule has 0 saturated heterocycles. The molecule has 0 atom stereocenters. The number of aryl methyl sites for hydroxylation is 3. The molecule has 1 fully saturated rings. The number of hydrogen-bond acceptors (Lipinski definition) is 3. The van der Waals surface area contributed by atoms with Gasteiger partial charge in [0, 0.05) is 29.9 Å². The van der Waals surface area contributed by atoms with E-state index < -0.39 is 0 Å². The first kappa shape index (κ1) is 52.3. The van der Waals surface area contributed by atoms with Gasteiger partial charge in [0.25, 0.3) is 0 Å². The summed E-state index contributed by atoms with van der Waals surface area (Å²) in [6.07, 6.45) is 21.2. The minimum absolute atomic E-state index is 0.188. The summed E-state index contributed by atoms with van der Waals surface area (Å²) in [7, 11) is 0. The highest BCUT2D eigenvalue weighted by atomic mass is 16.1. The van der Waals surface area contributed by atoms with Crippen molar-refractivity contribution in [1.29, 1.82) is 5.41 Å².